The second-order valence-corrected chi connectivity index (χ2v) is 5.13. The summed E-state index contributed by atoms with van der Waals surface area (Å²) in [4.78, 5) is 11.5. The van der Waals surface area contributed by atoms with E-state index in [1.54, 1.807) is 24.3 Å². The van der Waals surface area contributed by atoms with Crippen LogP contribution in [0, 0.1) is 11.6 Å². The Morgan fingerprint density at radius 2 is 1.79 bits per heavy atom. The topological polar surface area (TPSA) is 78.8 Å². The van der Waals surface area contributed by atoms with Gasteiger partial charge in [0.2, 0.25) is 0 Å². The van der Waals surface area contributed by atoms with E-state index in [0.29, 0.717) is 0 Å². The third-order valence-corrected chi connectivity index (χ3v) is 3.32. The predicted octanol–water partition coefficient (Wildman–Crippen LogP) is 2.29. The average Bonchev–Trinajstić information content (AvgIpc) is 2.60. The van der Waals surface area contributed by atoms with Crippen molar-refractivity contribution in [1.82, 2.24) is 5.32 Å². The smallest absolute Gasteiger partial charge is 0.407 e. The van der Waals surface area contributed by atoms with E-state index in [9.17, 15) is 23.8 Å². The number of aliphatic hydroxyl groups excluding tert-OH is 2. The van der Waals surface area contributed by atoms with Crippen LogP contribution >= 0.6 is 0 Å². The average molecular weight is 337 g/mol. The molecular formula is C17H17F2NO4. The van der Waals surface area contributed by atoms with Crippen LogP contribution in [0.25, 0.3) is 0 Å². The number of ether oxygens (including phenoxy) is 1. The Hall–Kier alpha value is -2.51. The fourth-order valence-corrected chi connectivity index (χ4v) is 1.99. The predicted molar refractivity (Wildman–Crippen MR) is 82.0 cm³/mol. The van der Waals surface area contributed by atoms with E-state index < -0.39 is 29.9 Å². The molecule has 0 saturated heterocycles. The highest BCUT2D eigenvalue weighted by Crippen LogP contribution is 2.19. The van der Waals surface area contributed by atoms with Gasteiger partial charge in [0, 0.05) is 6.54 Å². The third-order valence-electron chi connectivity index (χ3n) is 3.32. The molecule has 2 aromatic rings. The number of hydrogen-bond donors (Lipinski definition) is 3. The van der Waals surface area contributed by atoms with Crippen molar-refractivity contribution in [3.8, 4) is 0 Å². The molecule has 0 radical (unpaired) electrons. The van der Waals surface area contributed by atoms with Crippen molar-refractivity contribution in [2.45, 2.75) is 18.8 Å². The van der Waals surface area contributed by atoms with Crippen LogP contribution in [0.2, 0.25) is 0 Å². The van der Waals surface area contributed by atoms with Crippen molar-refractivity contribution in [1.29, 1.82) is 0 Å². The second kappa shape index (κ2) is 8.37. The fourth-order valence-electron chi connectivity index (χ4n) is 1.99. The van der Waals surface area contributed by atoms with Crippen molar-refractivity contribution in [2.75, 3.05) is 6.54 Å². The monoisotopic (exact) mass is 337 g/mol. The summed E-state index contributed by atoms with van der Waals surface area (Å²) in [7, 11) is 0. The van der Waals surface area contributed by atoms with Crippen molar-refractivity contribution in [2.24, 2.45) is 0 Å². The minimum absolute atomic E-state index is 0.000790. The SMILES string of the molecule is O=C(NCC(O)C(O)c1ccc(F)c(F)c1)OCc1ccccc1. The first kappa shape index (κ1) is 17.8. The number of nitrogens with one attached hydrogen (secondary N) is 1. The Kier molecular flexibility index (Phi) is 6.22. The van der Waals surface area contributed by atoms with Gasteiger partial charge in [0.1, 0.15) is 18.8 Å². The van der Waals surface area contributed by atoms with Gasteiger partial charge in [-0.1, -0.05) is 36.4 Å². The molecule has 0 fully saturated rings. The molecule has 3 N–H and O–H groups in total. The van der Waals surface area contributed by atoms with E-state index in [1.807, 2.05) is 6.07 Å². The van der Waals surface area contributed by atoms with Gasteiger partial charge < -0.3 is 20.3 Å². The molecule has 2 unspecified atom stereocenters. The first-order valence-electron chi connectivity index (χ1n) is 7.23. The van der Waals surface area contributed by atoms with Gasteiger partial charge in [-0.25, -0.2) is 13.6 Å². The zero-order chi connectivity index (χ0) is 17.5. The summed E-state index contributed by atoms with van der Waals surface area (Å²) < 4.78 is 30.9. The summed E-state index contributed by atoms with van der Waals surface area (Å²) in [6.45, 7) is -0.248. The van der Waals surface area contributed by atoms with Gasteiger partial charge in [-0.3, -0.25) is 0 Å². The lowest BCUT2D eigenvalue weighted by Gasteiger charge is -2.18. The molecule has 0 aliphatic rings. The molecule has 2 atom stereocenters. The number of carbonyl (C=O) groups is 1. The quantitative estimate of drug-likeness (QED) is 0.756. The Balaban J connectivity index is 1.80. The number of benzene rings is 2. The van der Waals surface area contributed by atoms with Gasteiger partial charge in [-0.05, 0) is 23.3 Å². The molecule has 0 spiro atoms. The number of hydrogen-bond acceptors (Lipinski definition) is 4. The largest absolute Gasteiger partial charge is 0.445 e. The molecule has 24 heavy (non-hydrogen) atoms. The van der Waals surface area contributed by atoms with Gasteiger partial charge in [0.15, 0.2) is 11.6 Å². The summed E-state index contributed by atoms with van der Waals surface area (Å²) in [6.07, 6.45) is -3.65. The van der Waals surface area contributed by atoms with Gasteiger partial charge in [-0.2, -0.15) is 0 Å². The summed E-state index contributed by atoms with van der Waals surface area (Å²) >= 11 is 0. The summed E-state index contributed by atoms with van der Waals surface area (Å²) in [6, 6.07) is 11.8. The second-order valence-electron chi connectivity index (χ2n) is 5.13. The number of aliphatic hydroxyl groups is 2. The van der Waals surface area contributed by atoms with E-state index in [2.05, 4.69) is 5.32 Å². The molecule has 1 amide bonds. The molecule has 2 aromatic carbocycles. The van der Waals surface area contributed by atoms with Gasteiger partial charge in [0.05, 0.1) is 0 Å². The van der Waals surface area contributed by atoms with Gasteiger partial charge in [-0.15, -0.1) is 0 Å². The molecule has 0 aromatic heterocycles. The minimum Gasteiger partial charge on any atom is -0.445 e. The maximum absolute atomic E-state index is 13.1. The van der Waals surface area contributed by atoms with Crippen LogP contribution in [0.5, 0.6) is 0 Å². The molecule has 128 valence electrons. The van der Waals surface area contributed by atoms with E-state index in [1.165, 1.54) is 0 Å². The minimum atomic E-state index is -1.48. The summed E-state index contributed by atoms with van der Waals surface area (Å²) in [5.74, 6) is -2.18. The Morgan fingerprint density at radius 3 is 2.46 bits per heavy atom. The van der Waals surface area contributed by atoms with Crippen LogP contribution in [0.4, 0.5) is 13.6 Å². The first-order valence-corrected chi connectivity index (χ1v) is 7.23. The Morgan fingerprint density at radius 1 is 1.08 bits per heavy atom. The summed E-state index contributed by atoms with van der Waals surface area (Å²) in [5.41, 5.74) is 0.802. The maximum atomic E-state index is 13.1. The molecule has 0 aliphatic carbocycles. The molecule has 0 aliphatic heterocycles. The maximum Gasteiger partial charge on any atom is 0.407 e. The van der Waals surface area contributed by atoms with Crippen LogP contribution in [0.1, 0.15) is 17.2 Å². The fraction of sp³-hybridized carbons (Fsp3) is 0.235. The number of amides is 1. The molecular weight excluding hydrogens is 320 g/mol. The molecule has 5 nitrogen and oxygen atoms in total. The highest BCUT2D eigenvalue weighted by atomic mass is 19.2. The van der Waals surface area contributed by atoms with Gasteiger partial charge in [0.25, 0.3) is 0 Å². The van der Waals surface area contributed by atoms with E-state index in [-0.39, 0.29) is 18.7 Å². The Bertz CT molecular complexity index is 682. The van der Waals surface area contributed by atoms with Crippen LogP contribution in [-0.2, 0) is 11.3 Å². The standard InChI is InChI=1S/C17H17F2NO4/c18-13-7-6-12(8-14(13)19)16(22)15(21)9-20-17(23)24-10-11-4-2-1-3-5-11/h1-8,15-16,21-22H,9-10H2,(H,20,23). The zero-order valence-electron chi connectivity index (χ0n) is 12.7. The van der Waals surface area contributed by atoms with Crippen LogP contribution in [0.15, 0.2) is 48.5 Å². The normalized spacial score (nSPS) is 13.2. The first-order chi connectivity index (χ1) is 11.5. The van der Waals surface area contributed by atoms with Gasteiger partial charge >= 0.3 is 6.09 Å². The number of alkyl carbamates (subject to hydrolysis) is 1. The van der Waals surface area contributed by atoms with Crippen molar-refractivity contribution in [3.63, 3.8) is 0 Å². The van der Waals surface area contributed by atoms with Crippen LogP contribution in [-0.4, -0.2) is 29.0 Å². The lowest BCUT2D eigenvalue weighted by molar-refractivity contribution is 0.0182. The molecule has 2 rings (SSSR count). The van der Waals surface area contributed by atoms with Crippen molar-refractivity contribution in [3.05, 3.63) is 71.3 Å². The molecule has 0 saturated carbocycles. The summed E-state index contributed by atoms with van der Waals surface area (Å²) in [5, 5.41) is 22.0. The molecule has 0 heterocycles. The molecule has 0 bridgehead atoms. The van der Waals surface area contributed by atoms with Crippen LogP contribution < -0.4 is 5.32 Å². The lowest BCUT2D eigenvalue weighted by Crippen LogP contribution is -2.35. The number of carbonyl (C=O) groups excluding carboxylic acids is 1. The van der Waals surface area contributed by atoms with Crippen molar-refractivity contribution < 1.29 is 28.5 Å². The molecule has 7 heteroatoms. The van der Waals surface area contributed by atoms with E-state index in [0.717, 1.165) is 23.8 Å². The number of halogens is 2. The van der Waals surface area contributed by atoms with Crippen molar-refractivity contribution >= 4 is 6.09 Å². The van der Waals surface area contributed by atoms with E-state index >= 15 is 0 Å². The zero-order valence-corrected chi connectivity index (χ0v) is 12.7. The highest BCUT2D eigenvalue weighted by Gasteiger charge is 2.20. The Labute approximate surface area is 137 Å². The van der Waals surface area contributed by atoms with Crippen LogP contribution in [0.3, 0.4) is 0 Å². The lowest BCUT2D eigenvalue weighted by atomic mass is 10.0. The number of rotatable bonds is 6. The highest BCUT2D eigenvalue weighted by molar-refractivity contribution is 5.67. The van der Waals surface area contributed by atoms with E-state index in [4.69, 9.17) is 4.74 Å². The third kappa shape index (κ3) is 5.00.